The largest absolute Gasteiger partial charge is 0.298 e. The van der Waals surface area contributed by atoms with E-state index in [-0.39, 0.29) is 0 Å². The number of likely N-dealkylation sites (tertiary alicyclic amines) is 2. The minimum Gasteiger partial charge on any atom is -0.298 e. The van der Waals surface area contributed by atoms with Crippen LogP contribution in [0.1, 0.15) is 11.1 Å². The molecule has 3 heteroatoms. The summed E-state index contributed by atoms with van der Waals surface area (Å²) in [4.78, 5) is 5.24. The molecule has 0 aliphatic carbocycles. The van der Waals surface area contributed by atoms with Crippen LogP contribution in [0.2, 0.25) is 5.02 Å². The molecule has 2 saturated heterocycles. The van der Waals surface area contributed by atoms with E-state index in [0.29, 0.717) is 0 Å². The summed E-state index contributed by atoms with van der Waals surface area (Å²) in [6.07, 6.45) is 0. The number of fused-ring (bicyclic) bond motifs is 1. The number of benzene rings is 2. The van der Waals surface area contributed by atoms with Gasteiger partial charge in [-0.2, -0.15) is 0 Å². The number of hydrogen-bond donors (Lipinski definition) is 0. The second-order valence-corrected chi connectivity index (χ2v) is 7.46. The maximum Gasteiger partial charge on any atom is 0.0406 e. The Balaban J connectivity index is 1.30. The topological polar surface area (TPSA) is 6.48 Å². The molecule has 2 aliphatic rings. The summed E-state index contributed by atoms with van der Waals surface area (Å²) in [5.41, 5.74) is 2.81. The lowest BCUT2D eigenvalue weighted by atomic mass is 10.0. The minimum atomic E-state index is 0.823. The predicted octanol–water partition coefficient (Wildman–Crippen LogP) is 3.90. The van der Waals surface area contributed by atoms with Crippen LogP contribution in [0.15, 0.2) is 54.6 Å². The zero-order valence-corrected chi connectivity index (χ0v) is 14.1. The fourth-order valence-corrected chi connectivity index (χ4v) is 4.26. The zero-order chi connectivity index (χ0) is 15.6. The van der Waals surface area contributed by atoms with Crippen molar-refractivity contribution >= 4 is 11.6 Å². The lowest BCUT2D eigenvalue weighted by Gasteiger charge is -2.21. The van der Waals surface area contributed by atoms with Gasteiger partial charge in [-0.15, -0.1) is 0 Å². The summed E-state index contributed by atoms with van der Waals surface area (Å²) in [5.74, 6) is 1.68. The Hall–Kier alpha value is -1.35. The lowest BCUT2D eigenvalue weighted by Crippen LogP contribution is -2.28. The molecule has 2 aliphatic heterocycles. The molecule has 0 bridgehead atoms. The molecule has 2 nitrogen and oxygen atoms in total. The summed E-state index contributed by atoms with van der Waals surface area (Å²) in [6.45, 7) is 7.12. The van der Waals surface area contributed by atoms with Gasteiger partial charge in [-0.1, -0.05) is 54.1 Å². The Morgan fingerprint density at radius 1 is 0.696 bits per heavy atom. The van der Waals surface area contributed by atoms with Crippen LogP contribution in [0, 0.1) is 11.8 Å². The molecule has 2 unspecified atom stereocenters. The molecule has 2 heterocycles. The molecule has 2 fully saturated rings. The van der Waals surface area contributed by atoms with Crippen LogP contribution < -0.4 is 0 Å². The van der Waals surface area contributed by atoms with E-state index < -0.39 is 0 Å². The quantitative estimate of drug-likeness (QED) is 0.840. The third-order valence-corrected chi connectivity index (χ3v) is 5.46. The first kappa shape index (κ1) is 15.2. The fourth-order valence-electron chi connectivity index (χ4n) is 4.14. The standard InChI is InChI=1S/C20H23ClN2/c21-20-8-6-17(7-9-20)11-23-14-18-12-22(13-19(18)15-23)10-16-4-2-1-3-5-16/h1-9,18-19H,10-15H2. The second-order valence-electron chi connectivity index (χ2n) is 7.02. The van der Waals surface area contributed by atoms with Crippen molar-refractivity contribution in [2.45, 2.75) is 13.1 Å². The first-order valence-electron chi connectivity index (χ1n) is 8.49. The van der Waals surface area contributed by atoms with Gasteiger partial charge in [0.05, 0.1) is 0 Å². The predicted molar refractivity (Wildman–Crippen MR) is 95.4 cm³/mol. The van der Waals surface area contributed by atoms with E-state index in [1.165, 1.54) is 37.3 Å². The van der Waals surface area contributed by atoms with E-state index in [9.17, 15) is 0 Å². The van der Waals surface area contributed by atoms with Crippen LogP contribution in [0.3, 0.4) is 0 Å². The van der Waals surface area contributed by atoms with E-state index in [0.717, 1.165) is 29.9 Å². The summed E-state index contributed by atoms with van der Waals surface area (Å²) in [6, 6.07) is 19.1. The Morgan fingerprint density at radius 2 is 1.17 bits per heavy atom. The minimum absolute atomic E-state index is 0.823. The van der Waals surface area contributed by atoms with Crippen molar-refractivity contribution in [2.75, 3.05) is 26.2 Å². The van der Waals surface area contributed by atoms with Gasteiger partial charge in [0.15, 0.2) is 0 Å². The van der Waals surface area contributed by atoms with Gasteiger partial charge < -0.3 is 0 Å². The molecule has 0 saturated carbocycles. The summed E-state index contributed by atoms with van der Waals surface area (Å²) in [5, 5.41) is 0.823. The van der Waals surface area contributed by atoms with Crippen molar-refractivity contribution in [2.24, 2.45) is 11.8 Å². The molecule has 0 aromatic heterocycles. The normalized spacial score (nSPS) is 24.9. The van der Waals surface area contributed by atoms with E-state index >= 15 is 0 Å². The van der Waals surface area contributed by atoms with Crippen LogP contribution in [0.25, 0.3) is 0 Å². The molecule has 0 amide bonds. The molecule has 120 valence electrons. The van der Waals surface area contributed by atoms with Crippen LogP contribution in [-0.2, 0) is 13.1 Å². The highest BCUT2D eigenvalue weighted by Gasteiger charge is 2.39. The van der Waals surface area contributed by atoms with E-state index in [2.05, 4.69) is 52.3 Å². The van der Waals surface area contributed by atoms with Gasteiger partial charge in [-0.3, -0.25) is 9.80 Å². The third-order valence-electron chi connectivity index (χ3n) is 5.21. The summed E-state index contributed by atoms with van der Waals surface area (Å²) >= 11 is 5.97. The first-order chi connectivity index (χ1) is 11.3. The van der Waals surface area contributed by atoms with Gasteiger partial charge in [0, 0.05) is 44.3 Å². The smallest absolute Gasteiger partial charge is 0.0406 e. The summed E-state index contributed by atoms with van der Waals surface area (Å²) in [7, 11) is 0. The average molecular weight is 327 g/mol. The molecule has 0 N–H and O–H groups in total. The van der Waals surface area contributed by atoms with E-state index in [4.69, 9.17) is 11.6 Å². The maximum absolute atomic E-state index is 5.97. The Kier molecular flexibility index (Phi) is 4.39. The fraction of sp³-hybridized carbons (Fsp3) is 0.400. The van der Waals surface area contributed by atoms with Gasteiger partial charge in [-0.25, -0.2) is 0 Å². The van der Waals surface area contributed by atoms with Gasteiger partial charge in [0.1, 0.15) is 0 Å². The number of nitrogens with zero attached hydrogens (tertiary/aromatic N) is 2. The van der Waals surface area contributed by atoms with Crippen LogP contribution in [0.5, 0.6) is 0 Å². The number of halogens is 1. The van der Waals surface area contributed by atoms with Gasteiger partial charge >= 0.3 is 0 Å². The molecular weight excluding hydrogens is 304 g/mol. The zero-order valence-electron chi connectivity index (χ0n) is 13.4. The molecule has 0 spiro atoms. The van der Waals surface area contributed by atoms with Crippen molar-refractivity contribution < 1.29 is 0 Å². The van der Waals surface area contributed by atoms with Crippen molar-refractivity contribution in [1.82, 2.24) is 9.80 Å². The first-order valence-corrected chi connectivity index (χ1v) is 8.87. The Labute approximate surface area is 143 Å². The lowest BCUT2D eigenvalue weighted by molar-refractivity contribution is 0.246. The third kappa shape index (κ3) is 3.60. The molecule has 23 heavy (non-hydrogen) atoms. The average Bonchev–Trinajstić information content (AvgIpc) is 3.08. The molecule has 2 atom stereocenters. The highest BCUT2D eigenvalue weighted by Crippen LogP contribution is 2.32. The van der Waals surface area contributed by atoms with Crippen molar-refractivity contribution in [3.63, 3.8) is 0 Å². The monoisotopic (exact) mass is 326 g/mol. The van der Waals surface area contributed by atoms with Crippen molar-refractivity contribution in [3.05, 3.63) is 70.7 Å². The van der Waals surface area contributed by atoms with Gasteiger partial charge in [0.2, 0.25) is 0 Å². The molecule has 0 radical (unpaired) electrons. The number of rotatable bonds is 4. The van der Waals surface area contributed by atoms with Gasteiger partial charge in [0.25, 0.3) is 0 Å². The highest BCUT2D eigenvalue weighted by molar-refractivity contribution is 6.30. The molecule has 2 aromatic carbocycles. The van der Waals surface area contributed by atoms with Crippen molar-refractivity contribution in [3.8, 4) is 0 Å². The number of hydrogen-bond acceptors (Lipinski definition) is 2. The van der Waals surface area contributed by atoms with Crippen LogP contribution in [-0.4, -0.2) is 36.0 Å². The van der Waals surface area contributed by atoms with Crippen LogP contribution >= 0.6 is 11.6 Å². The van der Waals surface area contributed by atoms with Gasteiger partial charge in [-0.05, 0) is 35.1 Å². The Bertz CT molecular complexity index is 626. The molecule has 2 aromatic rings. The SMILES string of the molecule is Clc1ccc(CN2CC3CN(Cc4ccccc4)CC3C2)cc1. The molecule has 4 rings (SSSR count). The highest BCUT2D eigenvalue weighted by atomic mass is 35.5. The summed E-state index contributed by atoms with van der Waals surface area (Å²) < 4.78 is 0. The van der Waals surface area contributed by atoms with E-state index in [1.807, 2.05) is 12.1 Å². The Morgan fingerprint density at radius 3 is 1.70 bits per heavy atom. The van der Waals surface area contributed by atoms with Crippen molar-refractivity contribution in [1.29, 1.82) is 0 Å². The second kappa shape index (κ2) is 6.64. The molecular formula is C20H23ClN2. The maximum atomic E-state index is 5.97. The van der Waals surface area contributed by atoms with Crippen LogP contribution in [0.4, 0.5) is 0 Å². The van der Waals surface area contributed by atoms with E-state index in [1.54, 1.807) is 0 Å².